The molecule has 0 saturated carbocycles. The molecule has 0 atom stereocenters. The van der Waals surface area contributed by atoms with Crippen molar-refractivity contribution < 1.29 is 14.1 Å². The molecule has 15 rings (SSSR count). The number of imidazole rings is 1. The third-order valence-corrected chi connectivity index (χ3v) is 24.3. The van der Waals surface area contributed by atoms with E-state index in [4.69, 9.17) is 9.72 Å². The Balaban J connectivity index is 1.07. The van der Waals surface area contributed by atoms with Crippen LogP contribution in [0.25, 0.3) is 72.2 Å². The van der Waals surface area contributed by atoms with E-state index in [9.17, 15) is 4.80 Å². The van der Waals surface area contributed by atoms with Gasteiger partial charge in [-0.1, -0.05) is 261 Å². The smallest absolute Gasteiger partial charge is 0.304 e. The van der Waals surface area contributed by atoms with Crippen molar-refractivity contribution in [2.75, 3.05) is 0 Å². The molecule has 0 saturated heterocycles. The van der Waals surface area contributed by atoms with E-state index in [0.29, 0.717) is 16.9 Å². The largest absolute Gasteiger partial charge is 0.437 e. The minimum absolute atomic E-state index is 0.370. The lowest BCUT2D eigenvalue weighted by molar-refractivity contribution is -0.571. The van der Waals surface area contributed by atoms with Crippen molar-refractivity contribution in [3.8, 4) is 50.9 Å². The number of nitrogens with zero attached hydrogens (tertiary/aromatic N) is 4. The van der Waals surface area contributed by atoms with Crippen LogP contribution in [0.5, 0.6) is 11.6 Å². The van der Waals surface area contributed by atoms with E-state index in [1.165, 1.54) is 20.7 Å². The molecule has 14 aromatic rings. The lowest BCUT2D eigenvalue weighted by atomic mass is 9.95. The summed E-state index contributed by atoms with van der Waals surface area (Å²) in [6.45, 7) is 0. The molecular weight excluding hydrogens is 1010 g/mol. The monoisotopic (exact) mass is 1060 g/mol. The Hall–Kier alpha value is -9.97. The van der Waals surface area contributed by atoms with Gasteiger partial charge < -0.3 is 14.1 Å². The molecule has 0 unspecified atom stereocenters. The Labute approximate surface area is 465 Å². The molecule has 3 aromatic heterocycles. The SMILES string of the molecule is O[Si](c1ccccc1)(c1ccccc1)c1cccc(Oc2cc3c(cc2-n2c4ccccc4c4ccccc42)[Si](c2ccccc2)(c2ccccc2)c2cccc4c2n-3[c-][n+]4-c2c(-c3ccccc3)cccc2-c2ccccc2)n1. The number of fused-ring (bicyclic) bond motifs is 5. The Morgan fingerprint density at radius 2 is 0.938 bits per heavy atom. The summed E-state index contributed by atoms with van der Waals surface area (Å²) >= 11 is 0. The fourth-order valence-electron chi connectivity index (χ4n) is 12.7. The van der Waals surface area contributed by atoms with E-state index >= 15 is 0 Å². The summed E-state index contributed by atoms with van der Waals surface area (Å²) < 4.78 is 14.5. The number of rotatable bonds is 11. The zero-order valence-corrected chi connectivity index (χ0v) is 45.4. The second-order valence-electron chi connectivity index (χ2n) is 20.5. The third-order valence-electron chi connectivity index (χ3n) is 16.2. The number of pyridine rings is 1. The molecule has 8 heteroatoms. The van der Waals surface area contributed by atoms with Crippen LogP contribution in [0.4, 0.5) is 0 Å². The minimum atomic E-state index is -3.65. The van der Waals surface area contributed by atoms with Crippen molar-refractivity contribution in [2.45, 2.75) is 0 Å². The molecular formula is C72H50N4O2Si2. The topological polar surface area (TPSA) is 56.1 Å². The molecule has 80 heavy (non-hydrogen) atoms. The van der Waals surface area contributed by atoms with Crippen molar-refractivity contribution >= 4 is 85.7 Å². The van der Waals surface area contributed by atoms with Crippen LogP contribution < -0.4 is 45.7 Å². The van der Waals surface area contributed by atoms with Crippen LogP contribution in [-0.4, -0.2) is 35.3 Å². The first-order valence-corrected chi connectivity index (χ1v) is 31.0. The number of benzene rings is 11. The predicted molar refractivity (Wildman–Crippen MR) is 330 cm³/mol. The molecule has 4 heterocycles. The van der Waals surface area contributed by atoms with E-state index in [2.05, 4.69) is 238 Å². The average Bonchev–Trinajstić information content (AvgIpc) is 3.29. The summed E-state index contributed by atoms with van der Waals surface area (Å²) in [5, 5.41) is 9.49. The second-order valence-corrected chi connectivity index (χ2v) is 27.3. The van der Waals surface area contributed by atoms with Crippen molar-refractivity contribution in [3.05, 3.63) is 304 Å². The highest BCUT2D eigenvalue weighted by Crippen LogP contribution is 2.40. The van der Waals surface area contributed by atoms with Gasteiger partial charge in [0.25, 0.3) is 6.33 Å². The Morgan fingerprint density at radius 1 is 0.450 bits per heavy atom. The summed E-state index contributed by atoms with van der Waals surface area (Å²) in [7, 11) is -6.96. The molecule has 1 N–H and O–H groups in total. The number of hydrogen-bond acceptors (Lipinski definition) is 3. The maximum atomic E-state index is 13.3. The zero-order chi connectivity index (χ0) is 53.2. The van der Waals surface area contributed by atoms with Crippen LogP contribution in [0.1, 0.15) is 0 Å². The standard InChI is InChI=1S/C72H50N4O2Si2/c77-80(55-34-15-5-16-35-55,56-36-17-6-18-37-56)70-47-25-46-69(73-70)78-66-48-65-68(49-64(66)76-61-42-21-19-38-59(61)60-39-20-22-43-62(60)76)79(53-30-11-3-12-31-53,54-32-13-4-14-33-54)67-45-24-44-63-72(67)75(65)50-74(63)71-57(51-26-7-1-8-27-51)40-23-41-58(71)52-28-9-2-10-29-52/h1-49,77H. The van der Waals surface area contributed by atoms with Crippen LogP contribution in [-0.2, 0) is 0 Å². The molecule has 0 spiro atoms. The van der Waals surface area contributed by atoms with Crippen LogP contribution in [0.15, 0.2) is 297 Å². The molecule has 378 valence electrons. The summed E-state index contributed by atoms with van der Waals surface area (Å²) in [5.74, 6) is 0.971. The van der Waals surface area contributed by atoms with Gasteiger partial charge in [0.05, 0.1) is 44.4 Å². The Kier molecular flexibility index (Phi) is 11.3. The molecule has 0 amide bonds. The number of hydrogen-bond donors (Lipinski definition) is 1. The Bertz CT molecular complexity index is 4440. The van der Waals surface area contributed by atoms with E-state index < -0.39 is 16.4 Å². The van der Waals surface area contributed by atoms with E-state index in [-0.39, 0.29) is 0 Å². The van der Waals surface area contributed by atoms with Crippen LogP contribution in [0, 0.1) is 6.33 Å². The quantitative estimate of drug-likeness (QED) is 0.0798. The molecule has 6 nitrogen and oxygen atoms in total. The molecule has 0 bridgehead atoms. The average molecular weight is 1060 g/mol. The van der Waals surface area contributed by atoms with Gasteiger partial charge in [-0.2, -0.15) is 0 Å². The van der Waals surface area contributed by atoms with E-state index in [1.54, 1.807) is 0 Å². The summed E-state index contributed by atoms with van der Waals surface area (Å²) in [6, 6.07) is 105. The third kappa shape index (κ3) is 7.34. The summed E-state index contributed by atoms with van der Waals surface area (Å²) in [6.07, 6.45) is 4.09. The van der Waals surface area contributed by atoms with Crippen LogP contribution >= 0.6 is 0 Å². The highest BCUT2D eigenvalue weighted by Gasteiger charge is 2.48. The summed E-state index contributed by atoms with van der Waals surface area (Å²) in [4.78, 5) is 18.6. The molecule has 0 aliphatic carbocycles. The molecule has 1 aliphatic rings. The Morgan fingerprint density at radius 3 is 1.50 bits per heavy atom. The predicted octanol–water partition coefficient (Wildman–Crippen LogP) is 11.0. The van der Waals surface area contributed by atoms with Crippen molar-refractivity contribution in [3.63, 3.8) is 0 Å². The fraction of sp³-hybridized carbons (Fsp3) is 0. The molecule has 1 aliphatic heterocycles. The van der Waals surface area contributed by atoms with Gasteiger partial charge in [0.15, 0.2) is 8.07 Å². The number of aromatic nitrogens is 4. The molecule has 11 aromatic carbocycles. The van der Waals surface area contributed by atoms with Gasteiger partial charge in [0, 0.05) is 16.8 Å². The maximum Gasteiger partial charge on any atom is 0.304 e. The number of ether oxygens (including phenoxy) is 1. The normalized spacial score (nSPS) is 12.7. The summed E-state index contributed by atoms with van der Waals surface area (Å²) in [5.41, 5.74) is 11.5. The number of para-hydroxylation sites is 4. The van der Waals surface area contributed by atoms with Gasteiger partial charge in [-0.15, -0.1) is 0 Å². The van der Waals surface area contributed by atoms with Gasteiger partial charge in [-0.3, -0.25) is 9.13 Å². The lowest BCUT2D eigenvalue weighted by Gasteiger charge is -2.40. The van der Waals surface area contributed by atoms with Gasteiger partial charge >= 0.3 is 8.32 Å². The van der Waals surface area contributed by atoms with Crippen molar-refractivity contribution in [1.82, 2.24) is 14.1 Å². The first-order valence-electron chi connectivity index (χ1n) is 27.1. The zero-order valence-electron chi connectivity index (χ0n) is 43.4. The highest BCUT2D eigenvalue weighted by atomic mass is 28.4. The molecule has 0 radical (unpaired) electrons. The van der Waals surface area contributed by atoms with Gasteiger partial charge in [-0.25, -0.2) is 4.98 Å². The van der Waals surface area contributed by atoms with E-state index in [0.717, 1.165) is 82.5 Å². The van der Waals surface area contributed by atoms with E-state index in [1.807, 2.05) is 78.9 Å². The lowest BCUT2D eigenvalue weighted by Crippen LogP contribution is -2.76. The maximum absolute atomic E-state index is 13.3. The van der Waals surface area contributed by atoms with Gasteiger partial charge in [-0.05, 0) is 83.7 Å². The van der Waals surface area contributed by atoms with Crippen molar-refractivity contribution in [2.24, 2.45) is 0 Å². The molecule has 0 fully saturated rings. The fourth-order valence-corrected chi connectivity index (χ4v) is 20.7. The van der Waals surface area contributed by atoms with Crippen LogP contribution in [0.3, 0.4) is 0 Å². The van der Waals surface area contributed by atoms with Crippen molar-refractivity contribution in [1.29, 1.82) is 0 Å². The first kappa shape index (κ1) is 47.3. The van der Waals surface area contributed by atoms with Gasteiger partial charge in [0.1, 0.15) is 5.75 Å². The van der Waals surface area contributed by atoms with Gasteiger partial charge in [0.2, 0.25) is 5.88 Å². The second kappa shape index (κ2) is 19.2. The van der Waals surface area contributed by atoms with Crippen LogP contribution in [0.2, 0.25) is 0 Å². The highest BCUT2D eigenvalue weighted by molar-refractivity contribution is 7.21. The first-order chi connectivity index (χ1) is 39.6. The minimum Gasteiger partial charge on any atom is -0.437 e.